The van der Waals surface area contributed by atoms with Crippen LogP contribution in [0, 0.1) is 6.92 Å². The molecule has 0 aliphatic carbocycles. The highest BCUT2D eigenvalue weighted by Crippen LogP contribution is 2.28. The van der Waals surface area contributed by atoms with Crippen LogP contribution in [0.15, 0.2) is 24.8 Å². The van der Waals surface area contributed by atoms with Crippen LogP contribution in [0.4, 0.5) is 10.5 Å². The lowest BCUT2D eigenvalue weighted by molar-refractivity contribution is -0.134. The van der Waals surface area contributed by atoms with Gasteiger partial charge in [0.15, 0.2) is 0 Å². The lowest BCUT2D eigenvalue weighted by atomic mass is 10.0. The molecule has 7 heteroatoms. The monoisotopic (exact) mass is 356 g/mol. The summed E-state index contributed by atoms with van der Waals surface area (Å²) in [5.74, 6) is -0.552. The summed E-state index contributed by atoms with van der Waals surface area (Å²) in [7, 11) is 0. The second kappa shape index (κ2) is 7.19. The number of hydrogen-bond acceptors (Lipinski definition) is 4. The first-order valence-electron chi connectivity index (χ1n) is 8.76. The number of anilines is 1. The van der Waals surface area contributed by atoms with Crippen LogP contribution in [0.5, 0.6) is 0 Å². The molecule has 0 saturated carbocycles. The molecule has 1 aromatic carbocycles. The molecule has 1 aromatic rings. The van der Waals surface area contributed by atoms with Gasteiger partial charge in [0, 0.05) is 37.4 Å². The van der Waals surface area contributed by atoms with Crippen molar-refractivity contribution < 1.29 is 14.4 Å². The van der Waals surface area contributed by atoms with Crippen molar-refractivity contribution in [3.63, 3.8) is 0 Å². The number of nitrogens with one attached hydrogen (secondary N) is 2. The van der Waals surface area contributed by atoms with E-state index in [1.165, 1.54) is 5.56 Å². The fourth-order valence-corrected chi connectivity index (χ4v) is 3.37. The largest absolute Gasteiger partial charge is 0.367 e. The molecule has 2 aliphatic heterocycles. The van der Waals surface area contributed by atoms with E-state index < -0.39 is 18.0 Å². The standard InChI is InChI=1S/C19H24N4O3/c1-12(2)14-10-13(3)4-5-16(14)22-6-8-23(9-7-22)17(24)11-15-18(25)21-19(26)20-15/h4-5,10,15H,1,6-9,11H2,2-3H3,(H2,20,21,25,26). The number of hydrogen-bond donors (Lipinski definition) is 2. The number of imide groups is 1. The Morgan fingerprint density at radius 2 is 1.92 bits per heavy atom. The summed E-state index contributed by atoms with van der Waals surface area (Å²) in [6.45, 7) is 10.7. The minimum Gasteiger partial charge on any atom is -0.367 e. The van der Waals surface area contributed by atoms with Crippen molar-refractivity contribution in [3.05, 3.63) is 35.9 Å². The summed E-state index contributed by atoms with van der Waals surface area (Å²) < 4.78 is 0. The number of urea groups is 1. The maximum Gasteiger partial charge on any atom is 0.322 e. The maximum absolute atomic E-state index is 12.4. The Bertz CT molecular complexity index is 766. The lowest BCUT2D eigenvalue weighted by Crippen LogP contribution is -2.50. The van der Waals surface area contributed by atoms with Crippen LogP contribution in [0.2, 0.25) is 0 Å². The summed E-state index contributed by atoms with van der Waals surface area (Å²) in [5, 5.41) is 4.62. The van der Waals surface area contributed by atoms with E-state index in [-0.39, 0.29) is 12.3 Å². The summed E-state index contributed by atoms with van der Waals surface area (Å²) in [4.78, 5) is 39.2. The van der Waals surface area contributed by atoms with E-state index >= 15 is 0 Å². The first kappa shape index (κ1) is 18.0. The minimum absolute atomic E-state index is 0.000872. The Hall–Kier alpha value is -2.83. The number of benzene rings is 1. The fraction of sp³-hybridized carbons (Fsp3) is 0.421. The van der Waals surface area contributed by atoms with Crippen molar-refractivity contribution in [2.24, 2.45) is 0 Å². The van der Waals surface area contributed by atoms with Crippen molar-refractivity contribution in [2.75, 3.05) is 31.1 Å². The van der Waals surface area contributed by atoms with Gasteiger partial charge in [-0.1, -0.05) is 18.2 Å². The fourth-order valence-electron chi connectivity index (χ4n) is 3.37. The highest BCUT2D eigenvalue weighted by Gasteiger charge is 2.33. The van der Waals surface area contributed by atoms with E-state index in [9.17, 15) is 14.4 Å². The van der Waals surface area contributed by atoms with E-state index in [0.29, 0.717) is 13.1 Å². The summed E-state index contributed by atoms with van der Waals surface area (Å²) in [6, 6.07) is 5.02. The number of carbonyl (C=O) groups is 3. The molecule has 1 unspecified atom stereocenters. The predicted molar refractivity (Wildman–Crippen MR) is 99.8 cm³/mol. The van der Waals surface area contributed by atoms with E-state index in [4.69, 9.17) is 0 Å². The molecule has 2 heterocycles. The Labute approximate surface area is 153 Å². The zero-order valence-electron chi connectivity index (χ0n) is 15.2. The van der Waals surface area contributed by atoms with E-state index in [2.05, 4.69) is 47.2 Å². The van der Waals surface area contributed by atoms with Gasteiger partial charge in [-0.3, -0.25) is 14.9 Å². The molecule has 4 amide bonds. The van der Waals surface area contributed by atoms with Gasteiger partial charge < -0.3 is 15.1 Å². The molecule has 3 rings (SSSR count). The van der Waals surface area contributed by atoms with Gasteiger partial charge in [0.2, 0.25) is 5.91 Å². The smallest absolute Gasteiger partial charge is 0.322 e. The predicted octanol–water partition coefficient (Wildman–Crippen LogP) is 1.27. The molecule has 0 bridgehead atoms. The maximum atomic E-state index is 12.4. The van der Waals surface area contributed by atoms with E-state index in [1.54, 1.807) is 4.90 Å². The molecule has 0 spiro atoms. The molecular formula is C19H24N4O3. The highest BCUT2D eigenvalue weighted by atomic mass is 16.2. The number of amides is 4. The van der Waals surface area contributed by atoms with Crippen molar-refractivity contribution in [1.82, 2.24) is 15.5 Å². The molecule has 1 atom stereocenters. The van der Waals surface area contributed by atoms with Crippen LogP contribution >= 0.6 is 0 Å². The second-order valence-electron chi connectivity index (χ2n) is 6.89. The van der Waals surface area contributed by atoms with Gasteiger partial charge in [-0.05, 0) is 31.6 Å². The molecule has 0 radical (unpaired) electrons. The third-order valence-electron chi connectivity index (χ3n) is 4.82. The van der Waals surface area contributed by atoms with Crippen molar-refractivity contribution in [2.45, 2.75) is 26.3 Å². The Morgan fingerprint density at radius 1 is 1.23 bits per heavy atom. The molecule has 26 heavy (non-hydrogen) atoms. The molecular weight excluding hydrogens is 332 g/mol. The number of carbonyl (C=O) groups excluding carboxylic acids is 3. The number of aryl methyl sites for hydroxylation is 1. The normalized spacial score (nSPS) is 20.0. The van der Waals surface area contributed by atoms with Gasteiger partial charge in [0.05, 0.1) is 6.42 Å². The van der Waals surface area contributed by atoms with Crippen LogP contribution in [0.25, 0.3) is 5.57 Å². The second-order valence-corrected chi connectivity index (χ2v) is 6.89. The first-order valence-corrected chi connectivity index (χ1v) is 8.76. The van der Waals surface area contributed by atoms with Crippen LogP contribution in [0.3, 0.4) is 0 Å². The van der Waals surface area contributed by atoms with E-state index in [0.717, 1.165) is 29.9 Å². The Morgan fingerprint density at radius 3 is 2.50 bits per heavy atom. The molecule has 2 saturated heterocycles. The minimum atomic E-state index is -0.764. The van der Waals surface area contributed by atoms with Crippen molar-refractivity contribution >= 4 is 29.1 Å². The van der Waals surface area contributed by atoms with Crippen molar-refractivity contribution in [1.29, 1.82) is 0 Å². The van der Waals surface area contributed by atoms with E-state index in [1.807, 2.05) is 6.92 Å². The van der Waals surface area contributed by atoms with Gasteiger partial charge in [0.25, 0.3) is 5.91 Å². The number of nitrogens with zero attached hydrogens (tertiary/aromatic N) is 2. The molecule has 7 nitrogen and oxygen atoms in total. The molecule has 0 aromatic heterocycles. The summed E-state index contributed by atoms with van der Waals surface area (Å²) in [6.07, 6.45) is -0.000872. The van der Waals surface area contributed by atoms with Gasteiger partial charge in [0.1, 0.15) is 6.04 Å². The third-order valence-corrected chi connectivity index (χ3v) is 4.82. The SMILES string of the molecule is C=C(C)c1cc(C)ccc1N1CCN(C(=O)CC2NC(=O)NC2=O)CC1. The van der Waals surface area contributed by atoms with Gasteiger partial charge >= 0.3 is 6.03 Å². The zero-order chi connectivity index (χ0) is 18.8. The van der Waals surface area contributed by atoms with Gasteiger partial charge in [-0.15, -0.1) is 0 Å². The Kier molecular flexibility index (Phi) is 4.97. The summed E-state index contributed by atoms with van der Waals surface area (Å²) in [5.41, 5.74) is 4.48. The van der Waals surface area contributed by atoms with Crippen LogP contribution < -0.4 is 15.5 Å². The number of piperazine rings is 1. The van der Waals surface area contributed by atoms with Crippen molar-refractivity contribution in [3.8, 4) is 0 Å². The molecule has 2 aliphatic rings. The zero-order valence-corrected chi connectivity index (χ0v) is 15.2. The third kappa shape index (κ3) is 3.71. The highest BCUT2D eigenvalue weighted by molar-refractivity contribution is 6.05. The molecule has 2 N–H and O–H groups in total. The number of allylic oxidation sites excluding steroid dienone is 1. The number of rotatable bonds is 4. The molecule has 2 fully saturated rings. The Balaban J connectivity index is 1.61. The summed E-state index contributed by atoms with van der Waals surface area (Å²) >= 11 is 0. The van der Waals surface area contributed by atoms with Crippen LogP contribution in [-0.4, -0.2) is 55.0 Å². The quantitative estimate of drug-likeness (QED) is 0.796. The van der Waals surface area contributed by atoms with Crippen LogP contribution in [-0.2, 0) is 9.59 Å². The molecule has 138 valence electrons. The average molecular weight is 356 g/mol. The van der Waals surface area contributed by atoms with Gasteiger partial charge in [-0.2, -0.15) is 0 Å². The van der Waals surface area contributed by atoms with Gasteiger partial charge in [-0.25, -0.2) is 4.79 Å². The first-order chi connectivity index (χ1) is 12.3. The lowest BCUT2D eigenvalue weighted by Gasteiger charge is -2.37. The topological polar surface area (TPSA) is 81.8 Å². The van der Waals surface area contributed by atoms with Crippen LogP contribution in [0.1, 0.15) is 24.5 Å². The average Bonchev–Trinajstić information content (AvgIpc) is 2.92.